The number of methoxy groups -OCH3 is 2. The summed E-state index contributed by atoms with van der Waals surface area (Å²) in [7, 11) is 3.29. The molecule has 1 atom stereocenters. The Kier molecular flexibility index (Phi) is 5.25. The molecule has 0 heterocycles. The monoisotopic (exact) mass is 239 g/mol. The predicted octanol–water partition coefficient (Wildman–Crippen LogP) is 1.89. The SMILES string of the molecule is COCCC(C)(CO)Nc1cccc(OC)c1. The summed E-state index contributed by atoms with van der Waals surface area (Å²) in [5.41, 5.74) is 0.541. The van der Waals surface area contributed by atoms with Crippen LogP contribution in [-0.2, 0) is 4.74 Å². The van der Waals surface area contributed by atoms with E-state index in [9.17, 15) is 5.11 Å². The third-order valence-corrected chi connectivity index (χ3v) is 2.72. The van der Waals surface area contributed by atoms with E-state index in [0.717, 1.165) is 17.9 Å². The van der Waals surface area contributed by atoms with Gasteiger partial charge in [-0.1, -0.05) is 6.07 Å². The van der Waals surface area contributed by atoms with Crippen LogP contribution in [0.4, 0.5) is 5.69 Å². The van der Waals surface area contributed by atoms with Crippen molar-refractivity contribution in [3.8, 4) is 5.75 Å². The second-order valence-electron chi connectivity index (χ2n) is 4.32. The lowest BCUT2D eigenvalue weighted by Gasteiger charge is -2.29. The zero-order valence-electron chi connectivity index (χ0n) is 10.7. The van der Waals surface area contributed by atoms with Gasteiger partial charge in [0, 0.05) is 25.5 Å². The molecule has 0 saturated carbocycles. The molecule has 0 fully saturated rings. The van der Waals surface area contributed by atoms with Gasteiger partial charge in [-0.3, -0.25) is 0 Å². The molecule has 0 saturated heterocycles. The zero-order valence-corrected chi connectivity index (χ0v) is 10.7. The third-order valence-electron chi connectivity index (χ3n) is 2.72. The number of nitrogens with one attached hydrogen (secondary N) is 1. The minimum absolute atomic E-state index is 0.0492. The first-order chi connectivity index (χ1) is 8.13. The molecule has 1 rings (SSSR count). The number of hydrogen-bond donors (Lipinski definition) is 2. The number of aliphatic hydroxyl groups is 1. The number of ether oxygens (including phenoxy) is 2. The predicted molar refractivity (Wildman–Crippen MR) is 68.6 cm³/mol. The Balaban J connectivity index is 2.71. The number of rotatable bonds is 7. The van der Waals surface area contributed by atoms with Gasteiger partial charge in [0.25, 0.3) is 0 Å². The molecule has 0 aliphatic rings. The highest BCUT2D eigenvalue weighted by Crippen LogP contribution is 2.22. The van der Waals surface area contributed by atoms with Crippen LogP contribution in [0, 0.1) is 0 Å². The second-order valence-corrected chi connectivity index (χ2v) is 4.32. The lowest BCUT2D eigenvalue weighted by atomic mass is 9.99. The summed E-state index contributed by atoms with van der Waals surface area (Å²) >= 11 is 0. The van der Waals surface area contributed by atoms with Crippen LogP contribution in [0.25, 0.3) is 0 Å². The Bertz CT molecular complexity index is 343. The lowest BCUT2D eigenvalue weighted by Crippen LogP contribution is -2.39. The van der Waals surface area contributed by atoms with Crippen LogP contribution >= 0.6 is 0 Å². The molecule has 2 N–H and O–H groups in total. The van der Waals surface area contributed by atoms with Crippen molar-refractivity contribution in [3.63, 3.8) is 0 Å². The van der Waals surface area contributed by atoms with E-state index in [1.165, 1.54) is 0 Å². The van der Waals surface area contributed by atoms with Gasteiger partial charge in [-0.25, -0.2) is 0 Å². The van der Waals surface area contributed by atoms with Crippen molar-refractivity contribution in [3.05, 3.63) is 24.3 Å². The summed E-state index contributed by atoms with van der Waals surface area (Å²) in [4.78, 5) is 0. The Morgan fingerprint density at radius 2 is 2.12 bits per heavy atom. The highest BCUT2D eigenvalue weighted by Gasteiger charge is 2.22. The second kappa shape index (κ2) is 6.47. The maximum atomic E-state index is 9.45. The molecule has 4 nitrogen and oxygen atoms in total. The van der Waals surface area contributed by atoms with Crippen LogP contribution in [0.2, 0.25) is 0 Å². The number of anilines is 1. The maximum absolute atomic E-state index is 9.45. The van der Waals surface area contributed by atoms with Gasteiger partial charge < -0.3 is 19.9 Å². The van der Waals surface area contributed by atoms with Gasteiger partial charge in [-0.15, -0.1) is 0 Å². The standard InChI is InChI=1S/C13H21NO3/c1-13(10-15,7-8-16-2)14-11-5-4-6-12(9-11)17-3/h4-6,9,14-15H,7-8,10H2,1-3H3. The van der Waals surface area contributed by atoms with Crippen LogP contribution in [0.15, 0.2) is 24.3 Å². The summed E-state index contributed by atoms with van der Waals surface area (Å²) in [5.74, 6) is 0.794. The molecule has 1 unspecified atom stereocenters. The van der Waals surface area contributed by atoms with Gasteiger partial charge in [-0.2, -0.15) is 0 Å². The van der Waals surface area contributed by atoms with Crippen molar-refractivity contribution in [2.45, 2.75) is 18.9 Å². The van der Waals surface area contributed by atoms with E-state index in [1.54, 1.807) is 14.2 Å². The Morgan fingerprint density at radius 3 is 2.71 bits per heavy atom. The molecule has 0 aliphatic carbocycles. The van der Waals surface area contributed by atoms with Crippen molar-refractivity contribution in [2.75, 3.05) is 32.8 Å². The van der Waals surface area contributed by atoms with Gasteiger partial charge in [0.2, 0.25) is 0 Å². The summed E-state index contributed by atoms with van der Waals surface area (Å²) in [5, 5.41) is 12.8. The van der Waals surface area contributed by atoms with E-state index in [0.29, 0.717) is 6.61 Å². The topological polar surface area (TPSA) is 50.7 Å². The van der Waals surface area contributed by atoms with E-state index in [2.05, 4.69) is 5.32 Å². The quantitative estimate of drug-likeness (QED) is 0.763. The van der Waals surface area contributed by atoms with E-state index in [4.69, 9.17) is 9.47 Å². The molecular formula is C13H21NO3. The molecular weight excluding hydrogens is 218 g/mol. The molecule has 1 aromatic rings. The van der Waals surface area contributed by atoms with Crippen LogP contribution in [0.1, 0.15) is 13.3 Å². The van der Waals surface area contributed by atoms with Crippen LogP contribution in [-0.4, -0.2) is 38.1 Å². The highest BCUT2D eigenvalue weighted by atomic mass is 16.5. The largest absolute Gasteiger partial charge is 0.497 e. The van der Waals surface area contributed by atoms with Gasteiger partial charge in [-0.05, 0) is 25.5 Å². The van der Waals surface area contributed by atoms with Gasteiger partial charge in [0.05, 0.1) is 19.3 Å². The van der Waals surface area contributed by atoms with Gasteiger partial charge >= 0.3 is 0 Å². The molecule has 0 aliphatic heterocycles. The molecule has 0 amide bonds. The Morgan fingerprint density at radius 1 is 1.35 bits per heavy atom. The molecule has 0 radical (unpaired) electrons. The van der Waals surface area contributed by atoms with E-state index >= 15 is 0 Å². The van der Waals surface area contributed by atoms with Crippen LogP contribution < -0.4 is 10.1 Å². The van der Waals surface area contributed by atoms with E-state index < -0.39 is 0 Å². The molecule has 1 aromatic carbocycles. The van der Waals surface area contributed by atoms with Crippen molar-refractivity contribution < 1.29 is 14.6 Å². The third kappa shape index (κ3) is 4.24. The first kappa shape index (κ1) is 13.8. The number of benzene rings is 1. The van der Waals surface area contributed by atoms with Gasteiger partial charge in [0.15, 0.2) is 0 Å². The van der Waals surface area contributed by atoms with Crippen LogP contribution in [0.3, 0.4) is 0 Å². The molecule has 0 aromatic heterocycles. The maximum Gasteiger partial charge on any atom is 0.120 e. The first-order valence-electron chi connectivity index (χ1n) is 5.65. The van der Waals surface area contributed by atoms with E-state index in [1.807, 2.05) is 31.2 Å². The molecule has 17 heavy (non-hydrogen) atoms. The minimum atomic E-state index is -0.387. The summed E-state index contributed by atoms with van der Waals surface area (Å²) in [6.07, 6.45) is 0.733. The fourth-order valence-corrected chi connectivity index (χ4v) is 1.56. The van der Waals surface area contributed by atoms with Crippen molar-refractivity contribution >= 4 is 5.69 Å². The zero-order chi connectivity index (χ0) is 12.7. The fourth-order valence-electron chi connectivity index (χ4n) is 1.56. The summed E-state index contributed by atoms with van der Waals surface area (Å²) in [6, 6.07) is 7.65. The van der Waals surface area contributed by atoms with Crippen molar-refractivity contribution in [1.29, 1.82) is 0 Å². The van der Waals surface area contributed by atoms with E-state index in [-0.39, 0.29) is 12.1 Å². The average molecular weight is 239 g/mol. The highest BCUT2D eigenvalue weighted by molar-refractivity contribution is 5.50. The molecule has 96 valence electrons. The normalized spacial score (nSPS) is 14.1. The smallest absolute Gasteiger partial charge is 0.120 e. The number of hydrogen-bond acceptors (Lipinski definition) is 4. The van der Waals surface area contributed by atoms with Crippen molar-refractivity contribution in [1.82, 2.24) is 0 Å². The van der Waals surface area contributed by atoms with Crippen LogP contribution in [0.5, 0.6) is 5.75 Å². The molecule has 0 spiro atoms. The Labute approximate surface area is 103 Å². The van der Waals surface area contributed by atoms with Crippen molar-refractivity contribution in [2.24, 2.45) is 0 Å². The minimum Gasteiger partial charge on any atom is -0.497 e. The fraction of sp³-hybridized carbons (Fsp3) is 0.538. The lowest BCUT2D eigenvalue weighted by molar-refractivity contribution is 0.146. The Hall–Kier alpha value is -1.26. The first-order valence-corrected chi connectivity index (χ1v) is 5.65. The molecule has 4 heteroatoms. The summed E-state index contributed by atoms with van der Waals surface area (Å²) < 4.78 is 10.2. The number of aliphatic hydroxyl groups excluding tert-OH is 1. The van der Waals surface area contributed by atoms with Gasteiger partial charge in [0.1, 0.15) is 5.75 Å². The summed E-state index contributed by atoms with van der Waals surface area (Å²) in [6.45, 7) is 2.62. The average Bonchev–Trinajstić information content (AvgIpc) is 2.36. The molecule has 0 bridgehead atoms.